The summed E-state index contributed by atoms with van der Waals surface area (Å²) in [5, 5.41) is 7.97. The fourth-order valence-corrected chi connectivity index (χ4v) is 3.06. The maximum Gasteiger partial charge on any atom is 0.218 e. The van der Waals surface area contributed by atoms with Crippen molar-refractivity contribution in [2.45, 2.75) is 26.8 Å². The minimum Gasteiger partial charge on any atom is -0.481 e. The number of aliphatic imine (C=N–C) groups is 1. The fourth-order valence-electron chi connectivity index (χ4n) is 3.06. The summed E-state index contributed by atoms with van der Waals surface area (Å²) in [6.07, 6.45) is 4.73. The number of nitrogens with zero attached hydrogens (tertiary/aromatic N) is 2. The maximum atomic E-state index is 5.29. The predicted molar refractivity (Wildman–Crippen MR) is 126 cm³/mol. The molecule has 0 saturated heterocycles. The molecule has 0 aliphatic carbocycles. The molecule has 2 heterocycles. The summed E-state index contributed by atoms with van der Waals surface area (Å²) in [6, 6.07) is 10.4. The first kappa shape index (κ1) is 22.0. The van der Waals surface area contributed by atoms with Crippen LogP contribution in [0.3, 0.4) is 0 Å². The Labute approximate surface area is 183 Å². The van der Waals surface area contributed by atoms with Gasteiger partial charge in [-0.25, -0.2) is 9.98 Å². The third-order valence-electron chi connectivity index (χ3n) is 4.40. The molecule has 1 aromatic carbocycles. The Morgan fingerprint density at radius 3 is 2.86 bits per heavy atom. The van der Waals surface area contributed by atoms with Crippen LogP contribution in [0.25, 0.3) is 10.9 Å². The number of ether oxygens (including phenoxy) is 1. The number of guanidine groups is 1. The largest absolute Gasteiger partial charge is 0.481 e. The minimum atomic E-state index is 0. The van der Waals surface area contributed by atoms with Crippen molar-refractivity contribution in [2.75, 3.05) is 20.2 Å². The molecule has 0 atom stereocenters. The Balaban J connectivity index is 0.00000280. The van der Waals surface area contributed by atoms with Crippen LogP contribution in [0.5, 0.6) is 5.88 Å². The molecule has 150 valence electrons. The lowest BCUT2D eigenvalue weighted by Gasteiger charge is -2.11. The molecule has 0 amide bonds. The van der Waals surface area contributed by atoms with Crippen LogP contribution in [-0.2, 0) is 13.0 Å². The van der Waals surface area contributed by atoms with Crippen LogP contribution in [-0.4, -0.2) is 36.1 Å². The van der Waals surface area contributed by atoms with Gasteiger partial charge in [-0.05, 0) is 43.5 Å². The number of hydrogen-bond donors (Lipinski definition) is 3. The van der Waals surface area contributed by atoms with E-state index in [-0.39, 0.29) is 24.0 Å². The Hall–Kier alpha value is -2.29. The van der Waals surface area contributed by atoms with Gasteiger partial charge in [-0.2, -0.15) is 0 Å². The molecule has 3 aromatic rings. The molecule has 28 heavy (non-hydrogen) atoms. The highest BCUT2D eigenvalue weighted by molar-refractivity contribution is 14.0. The first-order valence-corrected chi connectivity index (χ1v) is 9.28. The second kappa shape index (κ2) is 10.9. The van der Waals surface area contributed by atoms with Crippen LogP contribution in [0, 0.1) is 6.92 Å². The van der Waals surface area contributed by atoms with Crippen LogP contribution in [0.1, 0.15) is 23.6 Å². The lowest BCUT2D eigenvalue weighted by atomic mass is 10.1. The molecule has 0 radical (unpaired) electrons. The van der Waals surface area contributed by atoms with Crippen molar-refractivity contribution >= 4 is 40.8 Å². The van der Waals surface area contributed by atoms with E-state index in [2.05, 4.69) is 63.8 Å². The maximum absolute atomic E-state index is 5.29. The van der Waals surface area contributed by atoms with Gasteiger partial charge in [0.15, 0.2) is 5.96 Å². The fraction of sp³-hybridized carbons (Fsp3) is 0.333. The van der Waals surface area contributed by atoms with Crippen molar-refractivity contribution in [3.8, 4) is 5.88 Å². The molecular weight excluding hydrogens is 465 g/mol. The van der Waals surface area contributed by atoms with Crippen molar-refractivity contribution in [1.29, 1.82) is 0 Å². The Morgan fingerprint density at radius 2 is 2.07 bits per heavy atom. The molecular formula is C21H28IN5O. The summed E-state index contributed by atoms with van der Waals surface area (Å²) < 4.78 is 5.29. The first-order chi connectivity index (χ1) is 13.2. The van der Waals surface area contributed by atoms with Gasteiger partial charge in [0.1, 0.15) is 0 Å². The number of nitrogens with one attached hydrogen (secondary N) is 3. The van der Waals surface area contributed by atoms with Gasteiger partial charge in [-0.1, -0.05) is 18.2 Å². The van der Waals surface area contributed by atoms with Gasteiger partial charge >= 0.3 is 0 Å². The number of aromatic nitrogens is 2. The summed E-state index contributed by atoms with van der Waals surface area (Å²) in [6.45, 7) is 6.29. The number of pyridine rings is 1. The molecule has 0 spiro atoms. The van der Waals surface area contributed by atoms with Gasteiger partial charge in [0.05, 0.1) is 13.7 Å². The summed E-state index contributed by atoms with van der Waals surface area (Å²) >= 11 is 0. The average molecular weight is 493 g/mol. The lowest BCUT2D eigenvalue weighted by molar-refractivity contribution is 0.392. The van der Waals surface area contributed by atoms with Crippen LogP contribution in [0.2, 0.25) is 0 Å². The van der Waals surface area contributed by atoms with E-state index in [0.717, 1.165) is 31.0 Å². The minimum absolute atomic E-state index is 0. The molecule has 0 aliphatic heterocycles. The standard InChI is InChI=1S/C21H27N5O.HI/c1-4-22-21(26-14-17-6-5-10-23-20(17)27-3)24-11-9-16-13-25-19-12-15(2)7-8-18(16)19;/h5-8,10,12-13,25H,4,9,11,14H2,1-3H3,(H2,22,24,26);1H. The van der Waals surface area contributed by atoms with Crippen LogP contribution >= 0.6 is 24.0 Å². The molecule has 2 aromatic heterocycles. The molecule has 0 bridgehead atoms. The van der Waals surface area contributed by atoms with Gasteiger partial charge in [0, 0.05) is 41.9 Å². The number of benzene rings is 1. The van der Waals surface area contributed by atoms with E-state index in [4.69, 9.17) is 4.74 Å². The van der Waals surface area contributed by atoms with Crippen molar-refractivity contribution in [1.82, 2.24) is 20.6 Å². The van der Waals surface area contributed by atoms with Crippen LogP contribution in [0.4, 0.5) is 0 Å². The Morgan fingerprint density at radius 1 is 1.21 bits per heavy atom. The van der Waals surface area contributed by atoms with Crippen LogP contribution < -0.4 is 15.4 Å². The number of rotatable bonds is 7. The zero-order valence-electron chi connectivity index (χ0n) is 16.6. The highest BCUT2D eigenvalue weighted by Crippen LogP contribution is 2.19. The average Bonchev–Trinajstić information content (AvgIpc) is 3.08. The molecule has 0 fully saturated rings. The zero-order chi connectivity index (χ0) is 19.1. The normalized spacial score (nSPS) is 11.2. The van der Waals surface area contributed by atoms with Gasteiger partial charge in [-0.3, -0.25) is 0 Å². The summed E-state index contributed by atoms with van der Waals surface area (Å²) in [5.41, 5.74) is 4.72. The highest BCUT2D eigenvalue weighted by Gasteiger charge is 2.06. The van der Waals surface area contributed by atoms with E-state index in [1.165, 1.54) is 22.0 Å². The molecule has 0 unspecified atom stereocenters. The molecule has 3 N–H and O–H groups in total. The second-order valence-corrected chi connectivity index (χ2v) is 6.41. The third-order valence-corrected chi connectivity index (χ3v) is 4.40. The van der Waals surface area contributed by atoms with Crippen molar-refractivity contribution < 1.29 is 4.74 Å². The van der Waals surface area contributed by atoms with E-state index in [9.17, 15) is 0 Å². The predicted octanol–water partition coefficient (Wildman–Crippen LogP) is 3.80. The second-order valence-electron chi connectivity index (χ2n) is 6.41. The van der Waals surface area contributed by atoms with Crippen molar-refractivity contribution in [3.05, 3.63) is 59.4 Å². The molecule has 7 heteroatoms. The lowest BCUT2D eigenvalue weighted by Crippen LogP contribution is -2.38. The number of fused-ring (bicyclic) bond motifs is 1. The summed E-state index contributed by atoms with van der Waals surface area (Å²) in [4.78, 5) is 12.2. The van der Waals surface area contributed by atoms with Gasteiger partial charge in [0.25, 0.3) is 0 Å². The van der Waals surface area contributed by atoms with Gasteiger partial charge < -0.3 is 20.4 Å². The highest BCUT2D eigenvalue weighted by atomic mass is 127. The zero-order valence-corrected chi connectivity index (χ0v) is 18.9. The first-order valence-electron chi connectivity index (χ1n) is 9.28. The summed E-state index contributed by atoms with van der Waals surface area (Å²) in [5.74, 6) is 1.41. The number of hydrogen-bond acceptors (Lipinski definition) is 3. The SMILES string of the molecule is CCNC(=NCc1cccnc1OC)NCCc1c[nH]c2cc(C)ccc12.I. The van der Waals surface area contributed by atoms with E-state index >= 15 is 0 Å². The monoisotopic (exact) mass is 493 g/mol. The van der Waals surface area contributed by atoms with E-state index in [0.29, 0.717) is 12.4 Å². The number of methoxy groups -OCH3 is 1. The quantitative estimate of drug-likeness (QED) is 0.266. The van der Waals surface area contributed by atoms with Gasteiger partial charge in [-0.15, -0.1) is 24.0 Å². The molecule has 0 saturated carbocycles. The molecule has 6 nitrogen and oxygen atoms in total. The molecule has 0 aliphatic rings. The number of aryl methyl sites for hydroxylation is 1. The van der Waals surface area contributed by atoms with Crippen molar-refractivity contribution in [2.24, 2.45) is 4.99 Å². The van der Waals surface area contributed by atoms with E-state index < -0.39 is 0 Å². The Bertz CT molecular complexity index is 922. The molecule has 3 rings (SSSR count). The number of aromatic amines is 1. The number of halogens is 1. The topological polar surface area (TPSA) is 74.3 Å². The third kappa shape index (κ3) is 5.60. The van der Waals surface area contributed by atoms with Crippen molar-refractivity contribution in [3.63, 3.8) is 0 Å². The van der Waals surface area contributed by atoms with Gasteiger partial charge in [0.2, 0.25) is 5.88 Å². The number of H-pyrrole nitrogens is 1. The summed E-state index contributed by atoms with van der Waals surface area (Å²) in [7, 11) is 1.63. The van der Waals surface area contributed by atoms with E-state index in [1.807, 2.05) is 12.1 Å². The van der Waals surface area contributed by atoms with E-state index in [1.54, 1.807) is 13.3 Å². The smallest absolute Gasteiger partial charge is 0.218 e. The van der Waals surface area contributed by atoms with Crippen LogP contribution in [0.15, 0.2) is 47.7 Å². The Kier molecular flexibility index (Phi) is 8.56.